The van der Waals surface area contributed by atoms with Gasteiger partial charge in [-0.25, -0.2) is 0 Å². The first-order chi connectivity index (χ1) is 8.19. The second kappa shape index (κ2) is 5.23. The molecule has 1 aromatic heterocycles. The van der Waals surface area contributed by atoms with Crippen LogP contribution in [0.1, 0.15) is 18.2 Å². The van der Waals surface area contributed by atoms with E-state index >= 15 is 0 Å². The lowest BCUT2D eigenvalue weighted by molar-refractivity contribution is 0.743. The molecule has 0 amide bonds. The molecule has 2 rings (SSSR count). The molecular formula is C14H19BrN2. The van der Waals surface area contributed by atoms with Crippen molar-refractivity contribution in [3.8, 4) is 0 Å². The van der Waals surface area contributed by atoms with E-state index in [1.165, 1.54) is 26.6 Å². The second-order valence-corrected chi connectivity index (χ2v) is 5.17. The maximum atomic E-state index is 3.75. The van der Waals surface area contributed by atoms with E-state index in [0.29, 0.717) is 0 Å². The van der Waals surface area contributed by atoms with Gasteiger partial charge in [-0.3, -0.25) is 0 Å². The van der Waals surface area contributed by atoms with Gasteiger partial charge in [0, 0.05) is 41.1 Å². The Hall–Kier alpha value is -0.800. The SMILES string of the molecule is CCc1ccc2c(c1)c(Br)c(CCNC)n2C. The van der Waals surface area contributed by atoms with Crippen molar-refractivity contribution in [2.45, 2.75) is 19.8 Å². The number of halogens is 1. The molecule has 17 heavy (non-hydrogen) atoms. The maximum Gasteiger partial charge on any atom is 0.0491 e. The zero-order valence-electron chi connectivity index (χ0n) is 10.7. The van der Waals surface area contributed by atoms with E-state index in [1.807, 2.05) is 7.05 Å². The number of aromatic nitrogens is 1. The first-order valence-corrected chi connectivity index (χ1v) is 6.88. The van der Waals surface area contributed by atoms with Gasteiger partial charge >= 0.3 is 0 Å². The number of likely N-dealkylation sites (N-methyl/N-ethyl adjacent to an activating group) is 1. The van der Waals surface area contributed by atoms with Gasteiger partial charge in [-0.05, 0) is 47.1 Å². The number of nitrogens with one attached hydrogen (secondary N) is 1. The highest BCUT2D eigenvalue weighted by Crippen LogP contribution is 2.31. The highest BCUT2D eigenvalue weighted by atomic mass is 79.9. The van der Waals surface area contributed by atoms with Crippen LogP contribution >= 0.6 is 15.9 Å². The zero-order valence-corrected chi connectivity index (χ0v) is 12.3. The molecule has 0 bridgehead atoms. The molecule has 0 atom stereocenters. The van der Waals surface area contributed by atoms with E-state index < -0.39 is 0 Å². The van der Waals surface area contributed by atoms with Crippen molar-refractivity contribution in [2.24, 2.45) is 7.05 Å². The number of hydrogen-bond donors (Lipinski definition) is 1. The molecule has 0 aliphatic heterocycles. The van der Waals surface area contributed by atoms with Gasteiger partial charge in [0.1, 0.15) is 0 Å². The molecule has 3 heteroatoms. The lowest BCUT2D eigenvalue weighted by atomic mass is 10.1. The van der Waals surface area contributed by atoms with Crippen molar-refractivity contribution in [3.63, 3.8) is 0 Å². The Balaban J connectivity index is 2.54. The van der Waals surface area contributed by atoms with Gasteiger partial charge in [-0.1, -0.05) is 13.0 Å². The fourth-order valence-corrected chi connectivity index (χ4v) is 3.02. The van der Waals surface area contributed by atoms with Crippen LogP contribution in [0.2, 0.25) is 0 Å². The van der Waals surface area contributed by atoms with Crippen molar-refractivity contribution >= 4 is 26.8 Å². The summed E-state index contributed by atoms with van der Waals surface area (Å²) in [5, 5.41) is 4.53. The standard InChI is InChI=1S/C14H19BrN2/c1-4-10-5-6-12-11(9-10)14(15)13(17(12)3)7-8-16-2/h5-6,9,16H,4,7-8H2,1-3H3. The van der Waals surface area contributed by atoms with Gasteiger partial charge in [-0.2, -0.15) is 0 Å². The number of benzene rings is 1. The Labute approximate surface area is 111 Å². The molecule has 0 unspecified atom stereocenters. The minimum atomic E-state index is 1.00. The van der Waals surface area contributed by atoms with Gasteiger partial charge in [0.05, 0.1) is 0 Å². The molecule has 0 saturated carbocycles. The molecule has 1 aromatic carbocycles. The second-order valence-electron chi connectivity index (χ2n) is 4.38. The van der Waals surface area contributed by atoms with Crippen LogP contribution in [0.3, 0.4) is 0 Å². The summed E-state index contributed by atoms with van der Waals surface area (Å²) in [4.78, 5) is 0. The third kappa shape index (κ3) is 2.26. The Morgan fingerprint density at radius 1 is 1.35 bits per heavy atom. The molecule has 2 nitrogen and oxygen atoms in total. The highest BCUT2D eigenvalue weighted by molar-refractivity contribution is 9.10. The van der Waals surface area contributed by atoms with Gasteiger partial charge < -0.3 is 9.88 Å². The molecule has 0 fully saturated rings. The van der Waals surface area contributed by atoms with E-state index in [-0.39, 0.29) is 0 Å². The van der Waals surface area contributed by atoms with Crippen LogP contribution in [-0.4, -0.2) is 18.2 Å². The lowest BCUT2D eigenvalue weighted by Crippen LogP contribution is -2.12. The van der Waals surface area contributed by atoms with Gasteiger partial charge in [0.25, 0.3) is 0 Å². The molecule has 1 N–H and O–H groups in total. The minimum Gasteiger partial charge on any atom is -0.346 e. The summed E-state index contributed by atoms with van der Waals surface area (Å²) in [7, 11) is 4.13. The number of rotatable bonds is 4. The monoisotopic (exact) mass is 294 g/mol. The summed E-state index contributed by atoms with van der Waals surface area (Å²) in [5.74, 6) is 0. The first kappa shape index (κ1) is 12.7. The summed E-state index contributed by atoms with van der Waals surface area (Å²) >= 11 is 3.75. The Kier molecular flexibility index (Phi) is 3.89. The fourth-order valence-electron chi connectivity index (χ4n) is 2.24. The van der Waals surface area contributed by atoms with Crippen molar-refractivity contribution in [2.75, 3.05) is 13.6 Å². The van der Waals surface area contributed by atoms with Crippen molar-refractivity contribution in [1.29, 1.82) is 0 Å². The third-order valence-corrected chi connectivity index (χ3v) is 4.22. The van der Waals surface area contributed by atoms with Crippen molar-refractivity contribution in [1.82, 2.24) is 9.88 Å². The molecule has 1 heterocycles. The predicted molar refractivity (Wildman–Crippen MR) is 77.6 cm³/mol. The molecule has 0 saturated heterocycles. The molecular weight excluding hydrogens is 276 g/mol. The molecule has 0 radical (unpaired) electrons. The van der Waals surface area contributed by atoms with Crippen LogP contribution in [0.15, 0.2) is 22.7 Å². The van der Waals surface area contributed by atoms with Crippen molar-refractivity contribution in [3.05, 3.63) is 33.9 Å². The van der Waals surface area contributed by atoms with Gasteiger partial charge in [0.2, 0.25) is 0 Å². The first-order valence-electron chi connectivity index (χ1n) is 6.09. The summed E-state index contributed by atoms with van der Waals surface area (Å²) in [6, 6.07) is 6.74. The van der Waals surface area contributed by atoms with Crippen LogP contribution in [0, 0.1) is 0 Å². The number of nitrogens with zero attached hydrogens (tertiary/aromatic N) is 1. The molecule has 92 valence electrons. The Bertz CT molecular complexity index is 528. The summed E-state index contributed by atoms with van der Waals surface area (Å²) < 4.78 is 3.54. The van der Waals surface area contributed by atoms with Gasteiger partial charge in [0.15, 0.2) is 0 Å². The quantitative estimate of drug-likeness (QED) is 0.916. The van der Waals surface area contributed by atoms with E-state index in [1.54, 1.807) is 0 Å². The average Bonchev–Trinajstić information content (AvgIpc) is 2.59. The van der Waals surface area contributed by atoms with E-state index in [4.69, 9.17) is 0 Å². The predicted octanol–water partition coefficient (Wildman–Crippen LogP) is 3.27. The number of hydrogen-bond acceptors (Lipinski definition) is 1. The fraction of sp³-hybridized carbons (Fsp3) is 0.429. The topological polar surface area (TPSA) is 17.0 Å². The normalized spacial score (nSPS) is 11.3. The summed E-state index contributed by atoms with van der Waals surface area (Å²) in [5.41, 5.74) is 4.06. The largest absolute Gasteiger partial charge is 0.346 e. The van der Waals surface area contributed by atoms with Crippen LogP contribution in [0.25, 0.3) is 10.9 Å². The number of aryl methyl sites for hydroxylation is 2. The maximum absolute atomic E-state index is 3.75. The zero-order chi connectivity index (χ0) is 12.4. The van der Waals surface area contributed by atoms with Crippen LogP contribution in [0.4, 0.5) is 0 Å². The minimum absolute atomic E-state index is 1.00. The summed E-state index contributed by atoms with van der Waals surface area (Å²) in [6.45, 7) is 3.20. The van der Waals surface area contributed by atoms with E-state index in [0.717, 1.165) is 19.4 Å². The van der Waals surface area contributed by atoms with Crippen LogP contribution < -0.4 is 5.32 Å². The Morgan fingerprint density at radius 2 is 2.12 bits per heavy atom. The molecule has 0 aliphatic carbocycles. The molecule has 2 aromatic rings. The van der Waals surface area contributed by atoms with E-state index in [9.17, 15) is 0 Å². The van der Waals surface area contributed by atoms with Crippen molar-refractivity contribution < 1.29 is 0 Å². The average molecular weight is 295 g/mol. The molecule has 0 aliphatic rings. The van der Waals surface area contributed by atoms with Crippen LogP contribution in [-0.2, 0) is 19.9 Å². The van der Waals surface area contributed by atoms with Crippen LogP contribution in [0.5, 0.6) is 0 Å². The highest BCUT2D eigenvalue weighted by Gasteiger charge is 2.12. The third-order valence-electron chi connectivity index (χ3n) is 3.34. The van der Waals surface area contributed by atoms with Gasteiger partial charge in [-0.15, -0.1) is 0 Å². The lowest BCUT2D eigenvalue weighted by Gasteiger charge is -2.04. The smallest absolute Gasteiger partial charge is 0.0491 e. The Morgan fingerprint density at radius 3 is 2.76 bits per heavy atom. The molecule has 0 spiro atoms. The number of fused-ring (bicyclic) bond motifs is 1. The summed E-state index contributed by atoms with van der Waals surface area (Å²) in [6.07, 6.45) is 2.13. The van der Waals surface area contributed by atoms with E-state index in [2.05, 4.69) is 58.0 Å².